The fraction of sp³-hybridized carbons (Fsp3) is 0.438. The minimum atomic E-state index is -0.527. The zero-order chi connectivity index (χ0) is 17.1. The Bertz CT molecular complexity index is 625. The minimum Gasteiger partial charge on any atom is -0.371 e. The summed E-state index contributed by atoms with van der Waals surface area (Å²) in [6.45, 7) is 1.20. The van der Waals surface area contributed by atoms with Crippen LogP contribution in [0.1, 0.15) is 12.8 Å². The topological polar surface area (TPSA) is 81.8 Å². The number of carbonyl (C=O) groups excluding carboxylic acids is 3. The van der Waals surface area contributed by atoms with Crippen molar-refractivity contribution in [2.75, 3.05) is 31.1 Å². The molecule has 2 N–H and O–H groups in total. The lowest BCUT2D eigenvalue weighted by Gasteiger charge is -2.34. The molecule has 128 valence electrons. The van der Waals surface area contributed by atoms with E-state index < -0.39 is 6.03 Å². The van der Waals surface area contributed by atoms with Gasteiger partial charge < -0.3 is 15.5 Å². The summed E-state index contributed by atoms with van der Waals surface area (Å²) in [4.78, 5) is 37.9. The van der Waals surface area contributed by atoms with Crippen LogP contribution in [0.2, 0.25) is 0 Å². The van der Waals surface area contributed by atoms with Crippen LogP contribution in [0.3, 0.4) is 0 Å². The Hall–Kier alpha value is -2.64. The summed E-state index contributed by atoms with van der Waals surface area (Å²) >= 11 is 0. The van der Waals surface area contributed by atoms with E-state index in [-0.39, 0.29) is 36.8 Å². The van der Waals surface area contributed by atoms with Crippen molar-refractivity contribution in [2.45, 2.75) is 18.9 Å². The molecule has 2 heterocycles. The summed E-state index contributed by atoms with van der Waals surface area (Å²) in [5, 5.41) is 5.25. The molecule has 4 amide bonds. The van der Waals surface area contributed by atoms with Gasteiger partial charge in [0, 0.05) is 24.8 Å². The van der Waals surface area contributed by atoms with Gasteiger partial charge in [0.05, 0.1) is 6.54 Å². The zero-order valence-electron chi connectivity index (χ0n) is 13.1. The molecule has 0 radical (unpaired) electrons. The number of hydrogen-bond donors (Lipinski definition) is 2. The van der Waals surface area contributed by atoms with Gasteiger partial charge in [-0.25, -0.2) is 9.18 Å². The normalized spacial score (nSPS) is 18.7. The number of rotatable bonds is 4. The van der Waals surface area contributed by atoms with Crippen LogP contribution >= 0.6 is 0 Å². The molecule has 0 spiro atoms. The Kier molecular flexibility index (Phi) is 4.64. The van der Waals surface area contributed by atoms with Gasteiger partial charge in [0.15, 0.2) is 0 Å². The van der Waals surface area contributed by atoms with Gasteiger partial charge in [-0.2, -0.15) is 0 Å². The molecule has 1 aromatic rings. The summed E-state index contributed by atoms with van der Waals surface area (Å²) in [7, 11) is 0. The largest absolute Gasteiger partial charge is 0.371 e. The van der Waals surface area contributed by atoms with Crippen LogP contribution in [-0.2, 0) is 9.59 Å². The first-order valence-corrected chi connectivity index (χ1v) is 7.91. The van der Waals surface area contributed by atoms with E-state index in [1.807, 2.05) is 0 Å². The molecule has 0 bridgehead atoms. The first-order valence-electron chi connectivity index (χ1n) is 7.91. The van der Waals surface area contributed by atoms with Crippen LogP contribution in [-0.4, -0.2) is 55.0 Å². The highest BCUT2D eigenvalue weighted by atomic mass is 19.1. The average Bonchev–Trinajstić information content (AvgIpc) is 2.88. The third kappa shape index (κ3) is 3.64. The molecule has 1 aromatic carbocycles. The van der Waals surface area contributed by atoms with Gasteiger partial charge in [0.2, 0.25) is 5.91 Å². The summed E-state index contributed by atoms with van der Waals surface area (Å²) in [5.74, 6) is -0.983. The number of carbonyl (C=O) groups is 3. The van der Waals surface area contributed by atoms with Gasteiger partial charge in [-0.15, -0.1) is 0 Å². The van der Waals surface area contributed by atoms with E-state index in [1.54, 1.807) is 12.1 Å². The lowest BCUT2D eigenvalue weighted by Crippen LogP contribution is -2.48. The van der Waals surface area contributed by atoms with Crippen molar-refractivity contribution in [2.24, 2.45) is 0 Å². The Labute approximate surface area is 138 Å². The predicted molar refractivity (Wildman–Crippen MR) is 84.9 cm³/mol. The molecule has 0 aromatic heterocycles. The van der Waals surface area contributed by atoms with Crippen molar-refractivity contribution in [3.8, 4) is 0 Å². The highest BCUT2D eigenvalue weighted by Crippen LogP contribution is 2.20. The number of hydrogen-bond acceptors (Lipinski definition) is 4. The highest BCUT2D eigenvalue weighted by molar-refractivity contribution is 6.04. The quantitative estimate of drug-likeness (QED) is 0.784. The van der Waals surface area contributed by atoms with Crippen molar-refractivity contribution >= 4 is 23.5 Å². The number of nitrogens with zero attached hydrogens (tertiary/aromatic N) is 2. The van der Waals surface area contributed by atoms with Crippen molar-refractivity contribution in [3.05, 3.63) is 30.1 Å². The summed E-state index contributed by atoms with van der Waals surface area (Å²) in [6.07, 6.45) is 1.51. The monoisotopic (exact) mass is 334 g/mol. The lowest BCUT2D eigenvalue weighted by atomic mass is 10.0. The second-order valence-corrected chi connectivity index (χ2v) is 5.94. The number of anilines is 1. The van der Waals surface area contributed by atoms with Gasteiger partial charge in [-0.05, 0) is 37.1 Å². The van der Waals surface area contributed by atoms with Crippen LogP contribution < -0.4 is 15.5 Å². The van der Waals surface area contributed by atoms with E-state index in [1.165, 1.54) is 12.1 Å². The molecule has 0 aliphatic carbocycles. The van der Waals surface area contributed by atoms with Gasteiger partial charge >= 0.3 is 6.03 Å². The van der Waals surface area contributed by atoms with E-state index in [4.69, 9.17) is 0 Å². The van der Waals surface area contributed by atoms with Gasteiger partial charge in [0.1, 0.15) is 12.4 Å². The molecule has 0 unspecified atom stereocenters. The molecular weight excluding hydrogens is 315 g/mol. The molecule has 3 rings (SSSR count). The Morgan fingerprint density at radius 1 is 1.21 bits per heavy atom. The number of imide groups is 1. The van der Waals surface area contributed by atoms with Crippen LogP contribution in [0.5, 0.6) is 0 Å². The molecule has 8 heteroatoms. The molecule has 2 fully saturated rings. The Morgan fingerprint density at radius 3 is 2.46 bits per heavy atom. The summed E-state index contributed by atoms with van der Waals surface area (Å²) in [6, 6.07) is 5.83. The van der Waals surface area contributed by atoms with Gasteiger partial charge in [0.25, 0.3) is 5.91 Å². The van der Waals surface area contributed by atoms with Gasteiger partial charge in [-0.1, -0.05) is 0 Å². The number of benzene rings is 1. The van der Waals surface area contributed by atoms with E-state index in [0.717, 1.165) is 36.5 Å². The molecule has 24 heavy (non-hydrogen) atoms. The fourth-order valence-electron chi connectivity index (χ4n) is 2.97. The maximum Gasteiger partial charge on any atom is 0.325 e. The second kappa shape index (κ2) is 6.86. The predicted octanol–water partition coefficient (Wildman–Crippen LogP) is 0.462. The number of piperidine rings is 1. The molecule has 0 saturated carbocycles. The molecular formula is C16H19FN4O3. The van der Waals surface area contributed by atoms with Crippen molar-refractivity contribution in [1.82, 2.24) is 15.5 Å². The van der Waals surface area contributed by atoms with Crippen LogP contribution in [0, 0.1) is 5.82 Å². The summed E-state index contributed by atoms with van der Waals surface area (Å²) in [5.41, 5.74) is 0.959. The average molecular weight is 334 g/mol. The lowest BCUT2D eigenvalue weighted by molar-refractivity contribution is -0.131. The number of nitrogens with one attached hydrogen (secondary N) is 2. The van der Waals surface area contributed by atoms with Crippen molar-refractivity contribution in [3.63, 3.8) is 0 Å². The maximum atomic E-state index is 13.0. The first-order chi connectivity index (χ1) is 11.5. The van der Waals surface area contributed by atoms with E-state index in [2.05, 4.69) is 15.5 Å². The molecule has 2 aliphatic rings. The van der Waals surface area contributed by atoms with Gasteiger partial charge in [-0.3, -0.25) is 14.5 Å². The zero-order valence-corrected chi connectivity index (χ0v) is 13.1. The maximum absolute atomic E-state index is 13.0. The van der Waals surface area contributed by atoms with E-state index in [9.17, 15) is 18.8 Å². The standard InChI is InChI=1S/C16H19FN4O3/c17-11-1-3-13(4-2-11)20-7-5-12(6-8-20)19-14(22)10-21-15(23)9-18-16(21)24/h1-4,12H,5-10H2,(H,18,24)(H,19,22). The van der Waals surface area contributed by atoms with E-state index in [0.29, 0.717) is 0 Å². The highest BCUT2D eigenvalue weighted by Gasteiger charge is 2.31. The van der Waals surface area contributed by atoms with Crippen LogP contribution in [0.25, 0.3) is 0 Å². The number of urea groups is 1. The fourth-order valence-corrected chi connectivity index (χ4v) is 2.97. The third-order valence-electron chi connectivity index (χ3n) is 4.29. The first kappa shape index (κ1) is 16.2. The molecule has 7 nitrogen and oxygen atoms in total. The third-order valence-corrected chi connectivity index (χ3v) is 4.29. The number of halogens is 1. The number of amides is 4. The molecule has 0 atom stereocenters. The van der Waals surface area contributed by atoms with Crippen LogP contribution in [0.4, 0.5) is 14.9 Å². The van der Waals surface area contributed by atoms with Crippen LogP contribution in [0.15, 0.2) is 24.3 Å². The second-order valence-electron chi connectivity index (χ2n) is 5.94. The molecule has 2 aliphatic heterocycles. The van der Waals surface area contributed by atoms with Crippen molar-refractivity contribution < 1.29 is 18.8 Å². The summed E-state index contributed by atoms with van der Waals surface area (Å²) < 4.78 is 13.0. The van der Waals surface area contributed by atoms with E-state index >= 15 is 0 Å². The Morgan fingerprint density at radius 2 is 1.88 bits per heavy atom. The smallest absolute Gasteiger partial charge is 0.325 e. The Balaban J connectivity index is 1.46. The minimum absolute atomic E-state index is 0.00923. The SMILES string of the molecule is O=C(CN1C(=O)CNC1=O)NC1CCN(c2ccc(F)cc2)CC1. The molecule has 2 saturated heterocycles. The van der Waals surface area contributed by atoms with Crippen molar-refractivity contribution in [1.29, 1.82) is 0 Å².